The maximum Gasteiger partial charge on any atom is 0.262 e. The van der Waals surface area contributed by atoms with Crippen LogP contribution in [0.3, 0.4) is 0 Å². The first-order valence-electron chi connectivity index (χ1n) is 4.84. The lowest BCUT2D eigenvalue weighted by atomic mass is 10.2. The summed E-state index contributed by atoms with van der Waals surface area (Å²) < 4.78 is 30.1. The smallest absolute Gasteiger partial charge is 0.262 e. The number of anilines is 1. The molecule has 0 saturated carbocycles. The molecular formula is C10H8N4O2S2. The lowest BCUT2D eigenvalue weighted by Gasteiger charge is -2.08. The van der Waals surface area contributed by atoms with Crippen LogP contribution in [0.2, 0.25) is 0 Å². The number of hydrogen-bond donors (Lipinski definition) is 1. The maximum absolute atomic E-state index is 12.1. The molecular weight excluding hydrogens is 272 g/mol. The number of aromatic nitrogens is 2. The molecule has 0 aliphatic heterocycles. The number of hydrogen-bond acceptors (Lipinski definition) is 6. The van der Waals surface area contributed by atoms with E-state index in [0.29, 0.717) is 16.1 Å². The van der Waals surface area contributed by atoms with Gasteiger partial charge in [0.15, 0.2) is 0 Å². The molecule has 18 heavy (non-hydrogen) atoms. The van der Waals surface area contributed by atoms with E-state index in [1.165, 1.54) is 24.4 Å². The van der Waals surface area contributed by atoms with Crippen molar-refractivity contribution in [1.29, 1.82) is 5.26 Å². The third-order valence-electron chi connectivity index (χ3n) is 2.19. The van der Waals surface area contributed by atoms with Gasteiger partial charge in [-0.3, -0.25) is 4.72 Å². The molecule has 0 fully saturated rings. The van der Waals surface area contributed by atoms with Crippen molar-refractivity contribution in [2.45, 2.75) is 11.8 Å². The number of benzene rings is 1. The van der Waals surface area contributed by atoms with E-state index in [-0.39, 0.29) is 4.90 Å². The average molecular weight is 280 g/mol. The van der Waals surface area contributed by atoms with Gasteiger partial charge in [0.1, 0.15) is 5.00 Å². The SMILES string of the molecule is Cc1cc(C#N)ccc1S(=O)(=O)Nc1cnns1. The van der Waals surface area contributed by atoms with E-state index in [1.54, 1.807) is 6.92 Å². The van der Waals surface area contributed by atoms with Crippen molar-refractivity contribution in [3.63, 3.8) is 0 Å². The van der Waals surface area contributed by atoms with Gasteiger partial charge in [0, 0.05) is 11.5 Å². The van der Waals surface area contributed by atoms with Gasteiger partial charge in [-0.05, 0) is 30.7 Å². The zero-order valence-electron chi connectivity index (χ0n) is 9.28. The molecule has 0 radical (unpaired) electrons. The van der Waals surface area contributed by atoms with E-state index < -0.39 is 10.0 Å². The first-order valence-corrected chi connectivity index (χ1v) is 7.09. The summed E-state index contributed by atoms with van der Waals surface area (Å²) >= 11 is 0.954. The molecule has 92 valence electrons. The summed E-state index contributed by atoms with van der Waals surface area (Å²) in [4.78, 5) is 0.134. The lowest BCUT2D eigenvalue weighted by molar-refractivity contribution is 0.600. The first kappa shape index (κ1) is 12.5. The molecule has 1 aromatic heterocycles. The summed E-state index contributed by atoms with van der Waals surface area (Å²) in [7, 11) is -3.67. The van der Waals surface area contributed by atoms with Crippen molar-refractivity contribution >= 4 is 26.6 Å². The molecule has 0 atom stereocenters. The second-order valence-corrected chi connectivity index (χ2v) is 5.92. The van der Waals surface area contributed by atoms with Crippen LogP contribution in [0.15, 0.2) is 29.3 Å². The molecule has 0 aliphatic carbocycles. The van der Waals surface area contributed by atoms with Crippen LogP contribution in [0.1, 0.15) is 11.1 Å². The largest absolute Gasteiger partial charge is 0.268 e. The highest BCUT2D eigenvalue weighted by Gasteiger charge is 2.18. The van der Waals surface area contributed by atoms with E-state index in [4.69, 9.17) is 5.26 Å². The van der Waals surface area contributed by atoms with Crippen molar-refractivity contribution in [3.8, 4) is 6.07 Å². The van der Waals surface area contributed by atoms with E-state index >= 15 is 0 Å². The molecule has 6 nitrogen and oxygen atoms in total. The number of nitrogens with zero attached hydrogens (tertiary/aromatic N) is 3. The van der Waals surface area contributed by atoms with Crippen LogP contribution in [-0.2, 0) is 10.0 Å². The topological polar surface area (TPSA) is 95.7 Å². The number of aryl methyl sites for hydroxylation is 1. The number of nitrogens with one attached hydrogen (secondary N) is 1. The predicted molar refractivity (Wildman–Crippen MR) is 66.6 cm³/mol. The average Bonchev–Trinajstić information content (AvgIpc) is 2.80. The van der Waals surface area contributed by atoms with Crippen LogP contribution in [0, 0.1) is 18.3 Å². The van der Waals surface area contributed by atoms with Crippen molar-refractivity contribution < 1.29 is 8.42 Å². The van der Waals surface area contributed by atoms with Gasteiger partial charge >= 0.3 is 0 Å². The van der Waals surface area contributed by atoms with Gasteiger partial charge in [-0.25, -0.2) is 8.42 Å². The Morgan fingerprint density at radius 1 is 1.44 bits per heavy atom. The molecule has 8 heteroatoms. The molecule has 0 bridgehead atoms. The standard InChI is InChI=1S/C10H8N4O2S2/c1-7-4-8(5-11)2-3-9(7)18(15,16)13-10-6-12-14-17-10/h2-4,6,13H,1H3. The summed E-state index contributed by atoms with van der Waals surface area (Å²) in [5.41, 5.74) is 0.935. The Hall–Kier alpha value is -1.98. The molecule has 1 N–H and O–H groups in total. The number of sulfonamides is 1. The Bertz CT molecular complexity index is 702. The first-order chi connectivity index (χ1) is 8.53. The normalized spacial score (nSPS) is 10.9. The van der Waals surface area contributed by atoms with Gasteiger partial charge in [-0.15, -0.1) is 5.10 Å². The molecule has 2 rings (SSSR count). The Labute approximate surface area is 108 Å². The summed E-state index contributed by atoms with van der Waals surface area (Å²) in [6, 6.07) is 6.36. The minimum Gasteiger partial charge on any atom is -0.268 e. The molecule has 0 saturated heterocycles. The fraction of sp³-hybridized carbons (Fsp3) is 0.100. The molecule has 1 heterocycles. The highest BCUT2D eigenvalue weighted by Crippen LogP contribution is 2.21. The van der Waals surface area contributed by atoms with Crippen LogP contribution >= 0.6 is 11.5 Å². The Balaban J connectivity index is 2.39. The van der Waals surface area contributed by atoms with Gasteiger partial charge < -0.3 is 0 Å². The van der Waals surface area contributed by atoms with Crippen LogP contribution in [0.5, 0.6) is 0 Å². The Morgan fingerprint density at radius 3 is 2.78 bits per heavy atom. The number of nitriles is 1. The van der Waals surface area contributed by atoms with Crippen molar-refractivity contribution in [2.24, 2.45) is 0 Å². The monoisotopic (exact) mass is 280 g/mol. The molecule has 0 spiro atoms. The van der Waals surface area contributed by atoms with Gasteiger partial charge in [0.25, 0.3) is 10.0 Å². The van der Waals surface area contributed by atoms with Gasteiger partial charge in [-0.1, -0.05) is 4.49 Å². The second-order valence-electron chi connectivity index (χ2n) is 3.48. The summed E-state index contributed by atoms with van der Waals surface area (Å²) in [5.74, 6) is 0. The fourth-order valence-electron chi connectivity index (χ4n) is 1.42. The lowest BCUT2D eigenvalue weighted by Crippen LogP contribution is -2.13. The van der Waals surface area contributed by atoms with Crippen LogP contribution in [0.25, 0.3) is 0 Å². The third kappa shape index (κ3) is 2.47. The van der Waals surface area contributed by atoms with Crippen molar-refractivity contribution in [1.82, 2.24) is 9.59 Å². The minimum atomic E-state index is -3.67. The zero-order valence-corrected chi connectivity index (χ0v) is 10.9. The summed E-state index contributed by atoms with van der Waals surface area (Å²) in [6.07, 6.45) is 1.33. The van der Waals surface area contributed by atoms with Gasteiger partial charge in [0.2, 0.25) is 0 Å². The molecule has 1 aromatic carbocycles. The van der Waals surface area contributed by atoms with Crippen LogP contribution in [-0.4, -0.2) is 18.0 Å². The van der Waals surface area contributed by atoms with Crippen molar-refractivity contribution in [2.75, 3.05) is 4.72 Å². The second kappa shape index (κ2) is 4.72. The molecule has 0 unspecified atom stereocenters. The van der Waals surface area contributed by atoms with Gasteiger partial charge in [-0.2, -0.15) is 5.26 Å². The molecule has 0 amide bonds. The Morgan fingerprint density at radius 2 is 2.22 bits per heavy atom. The number of rotatable bonds is 3. The predicted octanol–water partition coefficient (Wildman–Crippen LogP) is 1.52. The van der Waals surface area contributed by atoms with Crippen molar-refractivity contribution in [3.05, 3.63) is 35.5 Å². The summed E-state index contributed by atoms with van der Waals surface area (Å²) in [6.45, 7) is 1.64. The maximum atomic E-state index is 12.1. The third-order valence-corrected chi connectivity index (χ3v) is 4.42. The van der Waals surface area contributed by atoms with Crippen LogP contribution in [0.4, 0.5) is 5.00 Å². The highest BCUT2D eigenvalue weighted by atomic mass is 32.2. The van der Waals surface area contributed by atoms with Crippen LogP contribution < -0.4 is 4.72 Å². The fourth-order valence-corrected chi connectivity index (χ4v) is 3.33. The highest BCUT2D eigenvalue weighted by molar-refractivity contribution is 7.93. The Kier molecular flexibility index (Phi) is 3.27. The molecule has 0 aliphatic rings. The quantitative estimate of drug-likeness (QED) is 0.919. The van der Waals surface area contributed by atoms with E-state index in [9.17, 15) is 8.42 Å². The zero-order chi connectivity index (χ0) is 13.2. The molecule has 2 aromatic rings. The van der Waals surface area contributed by atoms with E-state index in [1.807, 2.05) is 6.07 Å². The van der Waals surface area contributed by atoms with E-state index in [2.05, 4.69) is 14.3 Å². The van der Waals surface area contributed by atoms with E-state index in [0.717, 1.165) is 11.5 Å². The van der Waals surface area contributed by atoms with Gasteiger partial charge in [0.05, 0.1) is 22.7 Å². The summed E-state index contributed by atoms with van der Waals surface area (Å²) in [5, 5.41) is 12.6. The minimum absolute atomic E-state index is 0.134.